The summed E-state index contributed by atoms with van der Waals surface area (Å²) in [6, 6.07) is 0. The molecular weight excluding hydrogens is 298 g/mol. The van der Waals surface area contributed by atoms with Gasteiger partial charge in [0, 0.05) is 24.5 Å². The van der Waals surface area contributed by atoms with E-state index in [1.165, 1.54) is 0 Å². The molecule has 0 amide bonds. The molecule has 3 aliphatic rings. The van der Waals surface area contributed by atoms with Crippen LogP contribution in [0.5, 0.6) is 0 Å². The van der Waals surface area contributed by atoms with Gasteiger partial charge in [0.25, 0.3) is 0 Å². The zero-order valence-electron chi connectivity index (χ0n) is 12.8. The Morgan fingerprint density at radius 3 is 2.30 bits per heavy atom. The molecule has 0 spiro atoms. The molecule has 8 nitrogen and oxygen atoms in total. The molecule has 3 saturated heterocycles. The Kier molecular flexibility index (Phi) is 3.96. The molecule has 3 fully saturated rings. The van der Waals surface area contributed by atoms with Crippen molar-refractivity contribution in [3.63, 3.8) is 0 Å². The van der Waals surface area contributed by atoms with Gasteiger partial charge in [0.05, 0.1) is 18.9 Å². The Bertz CT molecular complexity index is 562. The number of aliphatic carboxylic acids is 1. The minimum Gasteiger partial charge on any atom is -0.481 e. The molecular formula is C13H18B2N4O4. The van der Waals surface area contributed by atoms with Crippen LogP contribution in [0, 0.1) is 5.92 Å². The third-order valence-electron chi connectivity index (χ3n) is 4.52. The van der Waals surface area contributed by atoms with Gasteiger partial charge in [-0.1, -0.05) is 0 Å². The number of carbonyl (C=O) groups is 1. The zero-order chi connectivity index (χ0) is 15.8. The van der Waals surface area contributed by atoms with Crippen molar-refractivity contribution < 1.29 is 19.2 Å². The van der Waals surface area contributed by atoms with Crippen LogP contribution in [-0.2, 0) is 20.6 Å². The van der Waals surface area contributed by atoms with Crippen molar-refractivity contribution in [1.82, 2.24) is 14.9 Å². The summed E-state index contributed by atoms with van der Waals surface area (Å²) in [7, 11) is 0.0896. The minimum atomic E-state index is -0.679. The lowest BCUT2D eigenvalue weighted by Gasteiger charge is -2.29. The maximum atomic E-state index is 11.0. The van der Waals surface area contributed by atoms with E-state index in [9.17, 15) is 4.79 Å². The predicted octanol–water partition coefficient (Wildman–Crippen LogP) is -0.305. The fourth-order valence-electron chi connectivity index (χ4n) is 3.01. The monoisotopic (exact) mass is 316 g/mol. The first kappa shape index (κ1) is 14.9. The first-order chi connectivity index (χ1) is 11.2. The summed E-state index contributed by atoms with van der Waals surface area (Å²) in [4.78, 5) is 22.1. The molecule has 120 valence electrons. The molecule has 0 aromatic carbocycles. The molecule has 0 atom stereocenters. The van der Waals surface area contributed by atoms with Crippen molar-refractivity contribution in [2.75, 3.05) is 30.8 Å². The minimum absolute atomic E-state index is 0.0448. The summed E-state index contributed by atoms with van der Waals surface area (Å²) in [6.07, 6.45) is 5.09. The quantitative estimate of drug-likeness (QED) is 0.564. The summed E-state index contributed by atoms with van der Waals surface area (Å²) in [5.41, 5.74) is 1.04. The van der Waals surface area contributed by atoms with Gasteiger partial charge in [-0.15, -0.1) is 0 Å². The summed E-state index contributed by atoms with van der Waals surface area (Å²) >= 11 is 0. The van der Waals surface area contributed by atoms with Gasteiger partial charge in [0.2, 0.25) is 5.95 Å². The molecule has 0 aliphatic carbocycles. The summed E-state index contributed by atoms with van der Waals surface area (Å²) in [6.45, 7) is 3.76. The smallest absolute Gasteiger partial charge is 0.432 e. The van der Waals surface area contributed by atoms with Gasteiger partial charge in [0.15, 0.2) is 0 Å². The Morgan fingerprint density at radius 2 is 1.83 bits per heavy atom. The second-order valence-electron chi connectivity index (χ2n) is 6.26. The summed E-state index contributed by atoms with van der Waals surface area (Å²) in [5, 5.41) is 9.03. The Morgan fingerprint density at radius 1 is 1.26 bits per heavy atom. The first-order valence-electron chi connectivity index (χ1n) is 7.98. The molecule has 23 heavy (non-hydrogen) atoms. The Labute approximate surface area is 135 Å². The molecule has 4 heterocycles. The standard InChI is InChI=1S/C13H18B2N4O4/c20-12(21)11-1-3-18(4-2-11)7-10-5-16-13(17-6-10)19(14-8-22-14)15-9-23-15/h5-6,11H,1-4,7-9H2,(H,20,21). The topological polar surface area (TPSA) is 94.6 Å². The third kappa shape index (κ3) is 3.49. The Hall–Kier alpha value is -1.64. The lowest BCUT2D eigenvalue weighted by Crippen LogP contribution is -2.38. The molecule has 1 aromatic rings. The molecule has 10 heteroatoms. The number of nitrogens with zero attached hydrogens (tertiary/aromatic N) is 4. The van der Waals surface area contributed by atoms with Gasteiger partial charge in [-0.25, -0.2) is 9.97 Å². The molecule has 0 radical (unpaired) electrons. The van der Waals surface area contributed by atoms with Crippen LogP contribution in [0.1, 0.15) is 18.4 Å². The molecule has 1 N–H and O–H groups in total. The van der Waals surface area contributed by atoms with Gasteiger partial charge >= 0.3 is 20.1 Å². The van der Waals surface area contributed by atoms with E-state index in [-0.39, 0.29) is 20.0 Å². The fourth-order valence-corrected chi connectivity index (χ4v) is 3.01. The SMILES string of the molecule is O=C(O)C1CCN(Cc2cnc(N(B3CO3)B3CO3)nc2)CC1. The van der Waals surface area contributed by atoms with Crippen LogP contribution >= 0.6 is 0 Å². The van der Waals surface area contributed by atoms with Crippen molar-refractivity contribution in [1.29, 1.82) is 0 Å². The van der Waals surface area contributed by atoms with Gasteiger partial charge < -0.3 is 19.1 Å². The number of carboxylic acids is 1. The number of aromatic nitrogens is 2. The van der Waals surface area contributed by atoms with Crippen molar-refractivity contribution in [3.8, 4) is 0 Å². The maximum absolute atomic E-state index is 11.0. The van der Waals surface area contributed by atoms with E-state index in [2.05, 4.69) is 14.9 Å². The number of rotatable bonds is 6. The van der Waals surface area contributed by atoms with E-state index in [0.29, 0.717) is 31.8 Å². The second-order valence-corrected chi connectivity index (χ2v) is 6.26. The van der Waals surface area contributed by atoms with E-state index in [1.807, 2.05) is 17.1 Å². The van der Waals surface area contributed by atoms with Crippen molar-refractivity contribution in [3.05, 3.63) is 18.0 Å². The molecule has 3 aliphatic heterocycles. The zero-order valence-corrected chi connectivity index (χ0v) is 12.8. The Balaban J connectivity index is 1.34. The molecule has 0 saturated carbocycles. The van der Waals surface area contributed by atoms with E-state index in [4.69, 9.17) is 14.4 Å². The van der Waals surface area contributed by atoms with E-state index in [0.717, 1.165) is 25.2 Å². The number of likely N-dealkylation sites (tertiary alicyclic amines) is 1. The van der Waals surface area contributed by atoms with Crippen LogP contribution in [-0.4, -0.2) is 66.1 Å². The van der Waals surface area contributed by atoms with Crippen molar-refractivity contribution in [2.45, 2.75) is 19.4 Å². The number of anilines is 1. The molecule has 1 aromatic heterocycles. The summed E-state index contributed by atoms with van der Waals surface area (Å²) in [5.74, 6) is -0.235. The number of hydrogen-bond donors (Lipinski definition) is 1. The number of hydrogen-bond acceptors (Lipinski definition) is 7. The normalized spacial score (nSPS) is 21.4. The average Bonchev–Trinajstić information content (AvgIpc) is 3.45. The lowest BCUT2D eigenvalue weighted by atomic mass is 9.77. The highest BCUT2D eigenvalue weighted by molar-refractivity contribution is 6.84. The highest BCUT2D eigenvalue weighted by Gasteiger charge is 2.51. The van der Waals surface area contributed by atoms with Gasteiger partial charge in [-0.05, 0) is 25.9 Å². The second kappa shape index (κ2) is 6.10. The maximum Gasteiger partial charge on any atom is 0.432 e. The van der Waals surface area contributed by atoms with Crippen LogP contribution in [0.3, 0.4) is 0 Å². The summed E-state index contributed by atoms with van der Waals surface area (Å²) < 4.78 is 12.6. The molecule has 0 unspecified atom stereocenters. The molecule has 0 bridgehead atoms. The van der Waals surface area contributed by atoms with Crippen LogP contribution in [0.15, 0.2) is 12.4 Å². The average molecular weight is 316 g/mol. The largest absolute Gasteiger partial charge is 0.481 e. The lowest BCUT2D eigenvalue weighted by molar-refractivity contribution is -0.143. The fraction of sp³-hybridized carbons (Fsp3) is 0.615. The van der Waals surface area contributed by atoms with Crippen LogP contribution in [0.2, 0.25) is 0 Å². The number of piperidine rings is 1. The van der Waals surface area contributed by atoms with Crippen LogP contribution in [0.25, 0.3) is 0 Å². The predicted molar refractivity (Wildman–Crippen MR) is 83.6 cm³/mol. The first-order valence-corrected chi connectivity index (χ1v) is 7.98. The third-order valence-corrected chi connectivity index (χ3v) is 4.52. The molecule has 4 rings (SSSR count). The van der Waals surface area contributed by atoms with E-state index >= 15 is 0 Å². The highest BCUT2D eigenvalue weighted by atomic mass is 16.5. The van der Waals surface area contributed by atoms with Crippen LogP contribution < -0.4 is 4.72 Å². The van der Waals surface area contributed by atoms with Gasteiger partial charge in [-0.3, -0.25) is 9.69 Å². The van der Waals surface area contributed by atoms with Crippen LogP contribution in [0.4, 0.5) is 5.95 Å². The number of carboxylic acid groups (broad SMARTS) is 1. The van der Waals surface area contributed by atoms with Crippen molar-refractivity contribution >= 4 is 26.0 Å². The van der Waals surface area contributed by atoms with E-state index in [1.54, 1.807) is 0 Å². The highest BCUT2D eigenvalue weighted by Crippen LogP contribution is 2.24. The van der Waals surface area contributed by atoms with Crippen molar-refractivity contribution in [2.24, 2.45) is 5.92 Å². The van der Waals surface area contributed by atoms with E-state index < -0.39 is 5.97 Å². The van der Waals surface area contributed by atoms with Gasteiger partial charge in [-0.2, -0.15) is 0 Å². The van der Waals surface area contributed by atoms with Gasteiger partial charge in [0.1, 0.15) is 0 Å².